The summed E-state index contributed by atoms with van der Waals surface area (Å²) in [6, 6.07) is 14.6. The smallest absolute Gasteiger partial charge is 0.162 e. The number of morpholine rings is 1. The van der Waals surface area contributed by atoms with E-state index >= 15 is 0 Å². The number of aromatic nitrogens is 1. The number of fused-ring (bicyclic) bond motifs is 1. The summed E-state index contributed by atoms with van der Waals surface area (Å²) in [5, 5.41) is 3.09. The van der Waals surface area contributed by atoms with Crippen molar-refractivity contribution in [3.8, 4) is 33.3 Å². The zero-order valence-electron chi connectivity index (χ0n) is 14.9. The molecule has 5 nitrogen and oxygen atoms in total. The third kappa shape index (κ3) is 3.38. The third-order valence-corrected chi connectivity index (χ3v) is 5.72. The first kappa shape index (κ1) is 16.6. The predicted octanol–water partition coefficient (Wildman–Crippen LogP) is 4.08. The lowest BCUT2D eigenvalue weighted by atomic mass is 10.1. The first-order chi connectivity index (χ1) is 13.4. The van der Waals surface area contributed by atoms with Crippen molar-refractivity contribution in [2.45, 2.75) is 0 Å². The molecule has 3 aromatic rings. The molecule has 138 valence electrons. The summed E-state index contributed by atoms with van der Waals surface area (Å²) in [5.41, 5.74) is 4.43. The molecule has 1 aromatic heterocycles. The average molecular weight is 380 g/mol. The summed E-state index contributed by atoms with van der Waals surface area (Å²) >= 11 is 1.65. The van der Waals surface area contributed by atoms with Crippen LogP contribution < -0.4 is 14.4 Å². The maximum Gasteiger partial charge on any atom is 0.162 e. The second-order valence-corrected chi connectivity index (χ2v) is 7.40. The summed E-state index contributed by atoms with van der Waals surface area (Å²) in [6.07, 6.45) is 0. The zero-order chi connectivity index (χ0) is 18.1. The van der Waals surface area contributed by atoms with Gasteiger partial charge < -0.3 is 19.1 Å². The zero-order valence-corrected chi connectivity index (χ0v) is 15.7. The van der Waals surface area contributed by atoms with Crippen molar-refractivity contribution >= 4 is 17.0 Å². The lowest BCUT2D eigenvalue weighted by molar-refractivity contribution is 0.122. The Morgan fingerprint density at radius 3 is 2.37 bits per heavy atom. The lowest BCUT2D eigenvalue weighted by Crippen LogP contribution is -2.36. The Morgan fingerprint density at radius 1 is 0.815 bits per heavy atom. The summed E-state index contributed by atoms with van der Waals surface area (Å²) in [7, 11) is 0. The summed E-state index contributed by atoms with van der Waals surface area (Å²) in [5.74, 6) is 1.60. The van der Waals surface area contributed by atoms with Crippen LogP contribution in [0.2, 0.25) is 0 Å². The Balaban J connectivity index is 1.37. The van der Waals surface area contributed by atoms with Crippen molar-refractivity contribution in [3.63, 3.8) is 0 Å². The maximum atomic E-state index is 5.69. The number of thiazole rings is 1. The number of benzene rings is 2. The molecule has 0 unspecified atom stereocenters. The van der Waals surface area contributed by atoms with Crippen molar-refractivity contribution in [1.82, 2.24) is 4.98 Å². The molecular weight excluding hydrogens is 360 g/mol. The fraction of sp³-hybridized carbons (Fsp3) is 0.286. The fourth-order valence-corrected chi connectivity index (χ4v) is 4.21. The van der Waals surface area contributed by atoms with Gasteiger partial charge in [0, 0.05) is 35.3 Å². The van der Waals surface area contributed by atoms with Gasteiger partial charge in [-0.2, -0.15) is 0 Å². The number of hydrogen-bond acceptors (Lipinski definition) is 6. The topological polar surface area (TPSA) is 43.8 Å². The molecule has 27 heavy (non-hydrogen) atoms. The number of anilines is 1. The van der Waals surface area contributed by atoms with E-state index in [1.165, 1.54) is 5.69 Å². The van der Waals surface area contributed by atoms with Gasteiger partial charge in [0.1, 0.15) is 18.2 Å². The van der Waals surface area contributed by atoms with E-state index in [9.17, 15) is 0 Å². The SMILES string of the molecule is c1cc(N2CCOCC2)ccc1-c1csc(-c2ccc3c(c2)OCCO3)n1. The van der Waals surface area contributed by atoms with E-state index in [2.05, 4.69) is 34.5 Å². The number of rotatable bonds is 3. The van der Waals surface area contributed by atoms with E-state index in [0.29, 0.717) is 13.2 Å². The fourth-order valence-electron chi connectivity index (χ4n) is 3.38. The van der Waals surface area contributed by atoms with Crippen LogP contribution in [0.4, 0.5) is 5.69 Å². The molecule has 2 aliphatic rings. The number of nitrogens with zero attached hydrogens (tertiary/aromatic N) is 2. The van der Waals surface area contributed by atoms with Crippen LogP contribution in [0.1, 0.15) is 0 Å². The van der Waals surface area contributed by atoms with Gasteiger partial charge in [0.05, 0.1) is 18.9 Å². The van der Waals surface area contributed by atoms with E-state index in [0.717, 1.165) is 59.6 Å². The van der Waals surface area contributed by atoms with Crippen LogP contribution in [0.25, 0.3) is 21.8 Å². The van der Waals surface area contributed by atoms with Crippen molar-refractivity contribution in [3.05, 3.63) is 47.8 Å². The first-order valence-electron chi connectivity index (χ1n) is 9.15. The minimum absolute atomic E-state index is 0.592. The van der Waals surface area contributed by atoms with Crippen molar-refractivity contribution in [2.24, 2.45) is 0 Å². The molecule has 0 amide bonds. The van der Waals surface area contributed by atoms with E-state index in [4.69, 9.17) is 19.2 Å². The summed E-state index contributed by atoms with van der Waals surface area (Å²) in [6.45, 7) is 4.69. The standard InChI is InChI=1S/C21H20N2O3S/c1-4-17(23-7-9-24-10-8-23)5-2-15(1)18-14-27-21(22-18)16-3-6-19-20(13-16)26-12-11-25-19/h1-6,13-14H,7-12H2. The Hall–Kier alpha value is -2.57. The first-order valence-corrected chi connectivity index (χ1v) is 10.0. The van der Waals surface area contributed by atoms with Gasteiger partial charge in [0.2, 0.25) is 0 Å². The molecule has 0 aliphatic carbocycles. The van der Waals surface area contributed by atoms with Gasteiger partial charge in [-0.05, 0) is 30.3 Å². The molecule has 1 fully saturated rings. The number of ether oxygens (including phenoxy) is 3. The minimum atomic E-state index is 0.592. The average Bonchev–Trinajstić information content (AvgIpc) is 3.24. The summed E-state index contributed by atoms with van der Waals surface area (Å²) in [4.78, 5) is 7.19. The van der Waals surface area contributed by atoms with E-state index in [-0.39, 0.29) is 0 Å². The second kappa shape index (κ2) is 7.21. The van der Waals surface area contributed by atoms with Gasteiger partial charge >= 0.3 is 0 Å². The normalized spacial score (nSPS) is 16.4. The van der Waals surface area contributed by atoms with Crippen LogP contribution in [0.15, 0.2) is 47.8 Å². The molecule has 5 rings (SSSR count). The van der Waals surface area contributed by atoms with Crippen LogP contribution >= 0.6 is 11.3 Å². The van der Waals surface area contributed by atoms with Gasteiger partial charge in [-0.15, -0.1) is 11.3 Å². The van der Waals surface area contributed by atoms with Gasteiger partial charge in [-0.3, -0.25) is 0 Å². The van der Waals surface area contributed by atoms with Crippen LogP contribution in [0, 0.1) is 0 Å². The molecule has 3 heterocycles. The molecule has 2 aliphatic heterocycles. The molecule has 0 saturated carbocycles. The molecule has 0 radical (unpaired) electrons. The Kier molecular flexibility index (Phi) is 4.43. The number of hydrogen-bond donors (Lipinski definition) is 0. The Morgan fingerprint density at radius 2 is 1.56 bits per heavy atom. The van der Waals surface area contributed by atoms with E-state index < -0.39 is 0 Å². The second-order valence-electron chi connectivity index (χ2n) is 6.54. The van der Waals surface area contributed by atoms with Crippen molar-refractivity contribution in [2.75, 3.05) is 44.4 Å². The van der Waals surface area contributed by atoms with Crippen LogP contribution in [0.3, 0.4) is 0 Å². The highest BCUT2D eigenvalue weighted by Gasteiger charge is 2.15. The molecule has 6 heteroatoms. The summed E-state index contributed by atoms with van der Waals surface area (Å²) < 4.78 is 16.7. The molecular formula is C21H20N2O3S. The van der Waals surface area contributed by atoms with E-state index in [1.54, 1.807) is 11.3 Å². The highest BCUT2D eigenvalue weighted by molar-refractivity contribution is 7.13. The Bertz CT molecular complexity index is 933. The van der Waals surface area contributed by atoms with Gasteiger partial charge in [-0.25, -0.2) is 4.98 Å². The highest BCUT2D eigenvalue weighted by atomic mass is 32.1. The van der Waals surface area contributed by atoms with Gasteiger partial charge in [0.15, 0.2) is 11.5 Å². The predicted molar refractivity (Wildman–Crippen MR) is 107 cm³/mol. The molecule has 0 atom stereocenters. The largest absolute Gasteiger partial charge is 0.486 e. The quantitative estimate of drug-likeness (QED) is 0.685. The van der Waals surface area contributed by atoms with Crippen LogP contribution in [-0.4, -0.2) is 44.5 Å². The highest BCUT2D eigenvalue weighted by Crippen LogP contribution is 2.36. The van der Waals surface area contributed by atoms with Gasteiger partial charge in [-0.1, -0.05) is 12.1 Å². The van der Waals surface area contributed by atoms with Crippen molar-refractivity contribution in [1.29, 1.82) is 0 Å². The maximum absolute atomic E-state index is 5.69. The van der Waals surface area contributed by atoms with Crippen molar-refractivity contribution < 1.29 is 14.2 Å². The molecule has 1 saturated heterocycles. The molecule has 2 aromatic carbocycles. The van der Waals surface area contributed by atoms with E-state index in [1.807, 2.05) is 18.2 Å². The third-order valence-electron chi connectivity index (χ3n) is 4.83. The monoisotopic (exact) mass is 380 g/mol. The van der Waals surface area contributed by atoms with Crippen LogP contribution in [0.5, 0.6) is 11.5 Å². The molecule has 0 spiro atoms. The lowest BCUT2D eigenvalue weighted by Gasteiger charge is -2.28. The van der Waals surface area contributed by atoms with Crippen LogP contribution in [-0.2, 0) is 4.74 Å². The Labute approximate surface area is 162 Å². The minimum Gasteiger partial charge on any atom is -0.486 e. The van der Waals surface area contributed by atoms with Gasteiger partial charge in [0.25, 0.3) is 0 Å². The molecule has 0 N–H and O–H groups in total. The molecule has 0 bridgehead atoms.